The van der Waals surface area contributed by atoms with E-state index in [1.54, 1.807) is 11.8 Å². The van der Waals surface area contributed by atoms with Crippen LogP contribution in [-0.4, -0.2) is 17.3 Å². The molecule has 3 aromatic rings. The average Bonchev–Trinajstić information content (AvgIpc) is 2.60. The fraction of sp³-hybridized carbons (Fsp3) is 0.200. The van der Waals surface area contributed by atoms with Crippen molar-refractivity contribution >= 4 is 22.7 Å². The molecule has 0 N–H and O–H groups in total. The number of ether oxygens (including phenoxy) is 1. The van der Waals surface area contributed by atoms with Gasteiger partial charge in [-0.1, -0.05) is 30.3 Å². The van der Waals surface area contributed by atoms with Crippen LogP contribution >= 0.6 is 11.8 Å². The van der Waals surface area contributed by atoms with E-state index >= 15 is 0 Å². The van der Waals surface area contributed by atoms with Gasteiger partial charge in [0.05, 0.1) is 29.6 Å². The number of aryl methyl sites for hydroxylation is 1. The van der Waals surface area contributed by atoms with E-state index in [1.165, 1.54) is 10.9 Å². The van der Waals surface area contributed by atoms with Crippen LogP contribution in [0, 0.1) is 18.3 Å². The predicted molar refractivity (Wildman–Crippen MR) is 98.5 cm³/mol. The fourth-order valence-corrected chi connectivity index (χ4v) is 3.29. The highest BCUT2D eigenvalue weighted by Crippen LogP contribution is 2.23. The number of hydrogen-bond acceptors (Lipinski definition) is 4. The minimum Gasteiger partial charge on any atom is -0.493 e. The first-order valence-electron chi connectivity index (χ1n) is 7.84. The Morgan fingerprint density at radius 1 is 1.12 bits per heavy atom. The van der Waals surface area contributed by atoms with Crippen LogP contribution in [0.25, 0.3) is 10.9 Å². The molecule has 0 radical (unpaired) electrons. The SMILES string of the molecule is Cc1cc(SCCOc2ccc(CC#N)cc2)nc2ccccc12. The summed E-state index contributed by atoms with van der Waals surface area (Å²) in [6.45, 7) is 2.74. The summed E-state index contributed by atoms with van der Waals surface area (Å²) in [4.78, 5) is 4.69. The number of pyridine rings is 1. The van der Waals surface area contributed by atoms with Crippen molar-refractivity contribution in [2.75, 3.05) is 12.4 Å². The van der Waals surface area contributed by atoms with E-state index in [4.69, 9.17) is 10.00 Å². The predicted octanol–water partition coefficient (Wildman–Crippen LogP) is 4.78. The van der Waals surface area contributed by atoms with Crippen LogP contribution in [0.3, 0.4) is 0 Å². The summed E-state index contributed by atoms with van der Waals surface area (Å²) in [5.41, 5.74) is 3.29. The normalized spacial score (nSPS) is 10.5. The molecule has 0 bridgehead atoms. The topological polar surface area (TPSA) is 45.9 Å². The van der Waals surface area contributed by atoms with Crippen LogP contribution in [0.2, 0.25) is 0 Å². The van der Waals surface area contributed by atoms with E-state index in [9.17, 15) is 0 Å². The van der Waals surface area contributed by atoms with Gasteiger partial charge in [0.1, 0.15) is 5.75 Å². The molecule has 0 amide bonds. The lowest BCUT2D eigenvalue weighted by molar-refractivity contribution is 0.344. The van der Waals surface area contributed by atoms with Crippen molar-refractivity contribution in [2.45, 2.75) is 18.4 Å². The maximum Gasteiger partial charge on any atom is 0.119 e. The van der Waals surface area contributed by atoms with E-state index in [0.29, 0.717) is 13.0 Å². The lowest BCUT2D eigenvalue weighted by atomic mass is 10.1. The zero-order valence-corrected chi connectivity index (χ0v) is 14.3. The van der Waals surface area contributed by atoms with Crippen LogP contribution in [0.1, 0.15) is 11.1 Å². The quantitative estimate of drug-likeness (QED) is 0.481. The number of rotatable bonds is 6. The summed E-state index contributed by atoms with van der Waals surface area (Å²) in [6, 6.07) is 20.2. The first-order chi connectivity index (χ1) is 11.8. The van der Waals surface area contributed by atoms with Gasteiger partial charge in [-0.2, -0.15) is 5.26 Å². The largest absolute Gasteiger partial charge is 0.493 e. The standard InChI is InChI=1S/C20H18N2OS/c1-15-14-20(22-19-5-3-2-4-18(15)19)24-13-12-23-17-8-6-16(7-9-17)10-11-21/h2-9,14H,10,12-13H2,1H3. The summed E-state index contributed by atoms with van der Waals surface area (Å²) >= 11 is 1.70. The lowest BCUT2D eigenvalue weighted by Gasteiger charge is -2.08. The van der Waals surface area contributed by atoms with Gasteiger partial charge in [0.25, 0.3) is 0 Å². The van der Waals surface area contributed by atoms with Crippen LogP contribution in [0.5, 0.6) is 5.75 Å². The molecule has 0 saturated heterocycles. The molecule has 3 rings (SSSR count). The van der Waals surface area contributed by atoms with Crippen LogP contribution in [0.4, 0.5) is 0 Å². The number of fused-ring (bicyclic) bond motifs is 1. The van der Waals surface area contributed by atoms with Crippen molar-refractivity contribution in [1.29, 1.82) is 5.26 Å². The Balaban J connectivity index is 1.54. The van der Waals surface area contributed by atoms with Gasteiger partial charge in [-0.3, -0.25) is 0 Å². The Morgan fingerprint density at radius 3 is 2.71 bits per heavy atom. The molecule has 0 aliphatic rings. The summed E-state index contributed by atoms with van der Waals surface area (Å²) < 4.78 is 5.75. The Bertz CT molecular complexity index is 869. The molecule has 0 aliphatic carbocycles. The van der Waals surface area contributed by atoms with Crippen LogP contribution in [-0.2, 0) is 6.42 Å². The molecular formula is C20H18N2OS. The average molecular weight is 334 g/mol. The third-order valence-corrected chi connectivity index (χ3v) is 4.58. The number of thioether (sulfide) groups is 1. The molecule has 0 fully saturated rings. The molecule has 0 spiro atoms. The van der Waals surface area contributed by atoms with Gasteiger partial charge in [0.15, 0.2) is 0 Å². The second kappa shape index (κ2) is 7.85. The summed E-state index contributed by atoms with van der Waals surface area (Å²) in [5, 5.41) is 10.9. The maximum absolute atomic E-state index is 8.67. The minimum atomic E-state index is 0.434. The zero-order valence-electron chi connectivity index (χ0n) is 13.5. The number of nitriles is 1. The highest BCUT2D eigenvalue weighted by molar-refractivity contribution is 7.99. The second-order valence-electron chi connectivity index (χ2n) is 5.47. The van der Waals surface area contributed by atoms with Gasteiger partial charge < -0.3 is 4.74 Å². The Morgan fingerprint density at radius 2 is 1.92 bits per heavy atom. The first kappa shape index (κ1) is 16.4. The molecule has 4 heteroatoms. The highest BCUT2D eigenvalue weighted by atomic mass is 32.2. The fourth-order valence-electron chi connectivity index (χ4n) is 2.49. The maximum atomic E-state index is 8.67. The minimum absolute atomic E-state index is 0.434. The van der Waals surface area contributed by atoms with Crippen LogP contribution in [0.15, 0.2) is 59.6 Å². The summed E-state index contributed by atoms with van der Waals surface area (Å²) in [7, 11) is 0. The Hall–Kier alpha value is -2.51. The highest BCUT2D eigenvalue weighted by Gasteiger charge is 2.03. The zero-order chi connectivity index (χ0) is 16.8. The van der Waals surface area contributed by atoms with Crippen molar-refractivity contribution in [2.24, 2.45) is 0 Å². The molecule has 0 saturated carbocycles. The molecule has 24 heavy (non-hydrogen) atoms. The molecular weight excluding hydrogens is 316 g/mol. The molecule has 120 valence electrons. The Labute approximate surface area is 146 Å². The molecule has 1 heterocycles. The van der Waals surface area contributed by atoms with Crippen LogP contribution < -0.4 is 4.74 Å². The Kier molecular flexibility index (Phi) is 5.35. The molecule has 2 aromatic carbocycles. The summed E-state index contributed by atoms with van der Waals surface area (Å²) in [6.07, 6.45) is 0.434. The van der Waals surface area contributed by atoms with Crippen molar-refractivity contribution in [1.82, 2.24) is 4.98 Å². The summed E-state index contributed by atoms with van der Waals surface area (Å²) in [5.74, 6) is 1.67. The van der Waals surface area contributed by atoms with Gasteiger partial charge in [-0.25, -0.2) is 4.98 Å². The third kappa shape index (κ3) is 4.06. The lowest BCUT2D eigenvalue weighted by Crippen LogP contribution is -2.00. The van der Waals surface area contributed by atoms with E-state index in [-0.39, 0.29) is 0 Å². The number of para-hydroxylation sites is 1. The van der Waals surface area contributed by atoms with Crippen molar-refractivity contribution in [3.05, 3.63) is 65.7 Å². The van der Waals surface area contributed by atoms with Crippen molar-refractivity contribution < 1.29 is 4.74 Å². The first-order valence-corrected chi connectivity index (χ1v) is 8.83. The monoisotopic (exact) mass is 334 g/mol. The van der Waals surface area contributed by atoms with Gasteiger partial charge >= 0.3 is 0 Å². The number of benzene rings is 2. The van der Waals surface area contributed by atoms with E-state index in [0.717, 1.165) is 27.6 Å². The third-order valence-electron chi connectivity index (χ3n) is 3.71. The van der Waals surface area contributed by atoms with Gasteiger partial charge in [0, 0.05) is 11.1 Å². The van der Waals surface area contributed by atoms with E-state index in [2.05, 4.69) is 30.1 Å². The second-order valence-corrected chi connectivity index (χ2v) is 6.59. The van der Waals surface area contributed by atoms with Gasteiger partial charge in [-0.05, 0) is 42.3 Å². The van der Waals surface area contributed by atoms with E-state index < -0.39 is 0 Å². The van der Waals surface area contributed by atoms with Crippen molar-refractivity contribution in [3.63, 3.8) is 0 Å². The van der Waals surface area contributed by atoms with Gasteiger partial charge in [0.2, 0.25) is 0 Å². The number of aromatic nitrogens is 1. The van der Waals surface area contributed by atoms with E-state index in [1.807, 2.05) is 42.5 Å². The van der Waals surface area contributed by atoms with Gasteiger partial charge in [-0.15, -0.1) is 11.8 Å². The molecule has 3 nitrogen and oxygen atoms in total. The molecule has 0 atom stereocenters. The number of hydrogen-bond donors (Lipinski definition) is 0. The molecule has 1 aromatic heterocycles. The number of nitrogens with zero attached hydrogens (tertiary/aromatic N) is 2. The smallest absolute Gasteiger partial charge is 0.119 e. The van der Waals surface area contributed by atoms with Crippen molar-refractivity contribution in [3.8, 4) is 11.8 Å². The molecule has 0 aliphatic heterocycles. The molecule has 0 unspecified atom stereocenters.